The van der Waals surface area contributed by atoms with Crippen molar-refractivity contribution in [1.82, 2.24) is 20.5 Å². The first-order valence-electron chi connectivity index (χ1n) is 6.35. The van der Waals surface area contributed by atoms with Gasteiger partial charge in [-0.25, -0.2) is 4.98 Å². The van der Waals surface area contributed by atoms with E-state index in [9.17, 15) is 4.79 Å². The lowest BCUT2D eigenvalue weighted by molar-refractivity contribution is 0.0955. The fraction of sp³-hybridized carbons (Fsp3) is 0.143. The number of nitrogen functional groups attached to an aromatic ring is 1. The molecular weight excluding hydrogens is 286 g/mol. The molecule has 0 aliphatic carbocycles. The van der Waals surface area contributed by atoms with E-state index in [0.29, 0.717) is 22.8 Å². The Morgan fingerprint density at radius 1 is 1.38 bits per heavy atom. The largest absolute Gasteiger partial charge is 0.397 e. The Balaban J connectivity index is 1.83. The third-order valence-electron chi connectivity index (χ3n) is 3.00. The number of carbonyl (C=O) groups is 1. The van der Waals surface area contributed by atoms with E-state index < -0.39 is 0 Å². The third-order valence-corrected chi connectivity index (χ3v) is 4.11. The monoisotopic (exact) mass is 299 g/mol. The van der Waals surface area contributed by atoms with Crippen molar-refractivity contribution < 1.29 is 4.79 Å². The molecule has 0 bridgehead atoms. The molecule has 3 heterocycles. The molecule has 0 aliphatic rings. The zero-order valence-electron chi connectivity index (χ0n) is 11.3. The molecule has 0 aromatic carbocycles. The number of rotatable bonds is 3. The molecule has 6 nitrogen and oxygen atoms in total. The van der Waals surface area contributed by atoms with Crippen LogP contribution in [0.5, 0.6) is 0 Å². The van der Waals surface area contributed by atoms with E-state index in [4.69, 9.17) is 5.73 Å². The fourth-order valence-corrected chi connectivity index (χ4v) is 2.99. The molecule has 106 valence electrons. The molecule has 3 N–H and O–H groups in total. The van der Waals surface area contributed by atoms with Crippen molar-refractivity contribution in [3.8, 4) is 0 Å². The van der Waals surface area contributed by atoms with Gasteiger partial charge in [0.1, 0.15) is 9.71 Å². The smallest absolute Gasteiger partial charge is 0.263 e. The second-order valence-corrected chi connectivity index (χ2v) is 5.55. The summed E-state index contributed by atoms with van der Waals surface area (Å²) in [6.07, 6.45) is 1.59. The highest BCUT2D eigenvalue weighted by Crippen LogP contribution is 2.32. The predicted molar refractivity (Wildman–Crippen MR) is 82.0 cm³/mol. The first-order valence-corrected chi connectivity index (χ1v) is 7.17. The lowest BCUT2D eigenvalue weighted by atomic mass is 10.2. The van der Waals surface area contributed by atoms with E-state index in [-0.39, 0.29) is 5.91 Å². The van der Waals surface area contributed by atoms with Gasteiger partial charge < -0.3 is 11.1 Å². The van der Waals surface area contributed by atoms with Crippen LogP contribution < -0.4 is 11.1 Å². The number of carbonyl (C=O) groups excluding carboxylic acids is 1. The highest BCUT2D eigenvalue weighted by Gasteiger charge is 2.17. The lowest BCUT2D eigenvalue weighted by Gasteiger charge is -2.03. The molecule has 0 aliphatic heterocycles. The minimum absolute atomic E-state index is 0.223. The molecule has 0 atom stereocenters. The summed E-state index contributed by atoms with van der Waals surface area (Å²) < 4.78 is 0. The van der Waals surface area contributed by atoms with E-state index in [1.165, 1.54) is 11.3 Å². The summed E-state index contributed by atoms with van der Waals surface area (Å²) in [4.78, 5) is 17.9. The molecule has 21 heavy (non-hydrogen) atoms. The minimum Gasteiger partial charge on any atom is -0.397 e. The van der Waals surface area contributed by atoms with Crippen molar-refractivity contribution in [2.75, 3.05) is 5.73 Å². The Kier molecular flexibility index (Phi) is 3.49. The number of amides is 1. The maximum atomic E-state index is 12.2. The summed E-state index contributed by atoms with van der Waals surface area (Å²) >= 11 is 1.30. The van der Waals surface area contributed by atoms with Gasteiger partial charge in [0.15, 0.2) is 0 Å². The first-order chi connectivity index (χ1) is 10.1. The average Bonchev–Trinajstić information content (AvgIpc) is 2.82. The van der Waals surface area contributed by atoms with Crippen LogP contribution in [0.15, 0.2) is 30.5 Å². The number of aromatic nitrogens is 3. The van der Waals surface area contributed by atoms with Crippen LogP contribution in [0.25, 0.3) is 10.2 Å². The van der Waals surface area contributed by atoms with Crippen molar-refractivity contribution in [3.05, 3.63) is 46.7 Å². The van der Waals surface area contributed by atoms with Crippen molar-refractivity contribution >= 4 is 33.1 Å². The number of pyridine rings is 1. The van der Waals surface area contributed by atoms with Gasteiger partial charge in [0, 0.05) is 17.3 Å². The molecule has 3 rings (SSSR count). The zero-order chi connectivity index (χ0) is 14.8. The zero-order valence-corrected chi connectivity index (χ0v) is 12.1. The van der Waals surface area contributed by atoms with Crippen LogP contribution in [-0.2, 0) is 6.54 Å². The van der Waals surface area contributed by atoms with Crippen molar-refractivity contribution in [2.24, 2.45) is 0 Å². The van der Waals surface area contributed by atoms with Crippen molar-refractivity contribution in [2.45, 2.75) is 13.5 Å². The number of hydrogen-bond donors (Lipinski definition) is 2. The molecule has 3 aromatic rings. The highest BCUT2D eigenvalue weighted by atomic mass is 32.1. The molecule has 0 saturated carbocycles. The van der Waals surface area contributed by atoms with Crippen LogP contribution in [0, 0.1) is 6.92 Å². The number of thiophene rings is 1. The summed E-state index contributed by atoms with van der Waals surface area (Å²) in [6.45, 7) is 2.22. The van der Waals surface area contributed by atoms with Crippen molar-refractivity contribution in [3.63, 3.8) is 0 Å². The van der Waals surface area contributed by atoms with Crippen LogP contribution in [0.4, 0.5) is 5.69 Å². The summed E-state index contributed by atoms with van der Waals surface area (Å²) in [7, 11) is 0. The van der Waals surface area contributed by atoms with Crippen LogP contribution in [0.2, 0.25) is 0 Å². The quantitative estimate of drug-likeness (QED) is 0.770. The Morgan fingerprint density at radius 3 is 3.00 bits per heavy atom. The highest BCUT2D eigenvalue weighted by molar-refractivity contribution is 7.21. The molecule has 0 unspecified atom stereocenters. The van der Waals surface area contributed by atoms with Gasteiger partial charge in [-0.05, 0) is 31.2 Å². The second kappa shape index (κ2) is 5.45. The molecule has 0 fully saturated rings. The van der Waals surface area contributed by atoms with Gasteiger partial charge in [-0.15, -0.1) is 11.3 Å². The summed E-state index contributed by atoms with van der Waals surface area (Å²) in [5, 5.41) is 11.3. The minimum atomic E-state index is -0.223. The lowest BCUT2D eigenvalue weighted by Crippen LogP contribution is -2.23. The normalized spacial score (nSPS) is 10.7. The van der Waals surface area contributed by atoms with Crippen LogP contribution >= 0.6 is 11.3 Å². The Morgan fingerprint density at radius 2 is 2.24 bits per heavy atom. The number of nitrogens with one attached hydrogen (secondary N) is 1. The molecule has 0 saturated heterocycles. The maximum Gasteiger partial charge on any atom is 0.263 e. The molecule has 0 radical (unpaired) electrons. The van der Waals surface area contributed by atoms with Gasteiger partial charge in [0.2, 0.25) is 0 Å². The Labute approximate surface area is 125 Å². The number of nitrogens with zero attached hydrogens (tertiary/aromatic N) is 3. The first kappa shape index (κ1) is 13.4. The van der Waals surface area contributed by atoms with E-state index >= 15 is 0 Å². The number of aryl methyl sites for hydroxylation is 1. The predicted octanol–water partition coefficient (Wildman–Crippen LogP) is 1.91. The maximum absolute atomic E-state index is 12.2. The van der Waals surface area contributed by atoms with Crippen LogP contribution in [0.1, 0.15) is 21.1 Å². The molecule has 7 heteroatoms. The summed E-state index contributed by atoms with van der Waals surface area (Å²) in [5.41, 5.74) is 8.10. The third kappa shape index (κ3) is 2.68. The molecule has 0 spiro atoms. The number of fused-ring (bicyclic) bond motifs is 1. The van der Waals surface area contributed by atoms with Gasteiger partial charge in [0.05, 0.1) is 17.9 Å². The van der Waals surface area contributed by atoms with E-state index in [1.807, 2.05) is 19.1 Å². The second-order valence-electron chi connectivity index (χ2n) is 4.55. The Hall–Kier alpha value is -2.54. The molecule has 1 amide bonds. The Bertz CT molecular complexity index is 800. The fourth-order valence-electron chi connectivity index (χ4n) is 1.94. The number of hydrogen-bond acceptors (Lipinski definition) is 6. The van der Waals surface area contributed by atoms with Crippen LogP contribution in [0.3, 0.4) is 0 Å². The molecule has 3 aromatic heterocycles. The van der Waals surface area contributed by atoms with E-state index in [2.05, 4.69) is 20.5 Å². The summed E-state index contributed by atoms with van der Waals surface area (Å²) in [5.74, 6) is -0.223. The summed E-state index contributed by atoms with van der Waals surface area (Å²) in [6, 6.07) is 7.34. The number of anilines is 1. The van der Waals surface area contributed by atoms with Crippen LogP contribution in [-0.4, -0.2) is 21.1 Å². The van der Waals surface area contributed by atoms with Gasteiger partial charge in [0.25, 0.3) is 5.91 Å². The van der Waals surface area contributed by atoms with E-state index in [0.717, 1.165) is 15.9 Å². The van der Waals surface area contributed by atoms with Gasteiger partial charge in [-0.2, -0.15) is 10.2 Å². The standard InChI is InChI=1S/C14H13N5OS/c1-8-4-5-10-11(15)12(21-14(10)18-8)13(20)16-7-9-3-2-6-17-19-9/h2-6H,7,15H2,1H3,(H,16,20). The van der Waals surface area contributed by atoms with Gasteiger partial charge >= 0.3 is 0 Å². The SMILES string of the molecule is Cc1ccc2c(N)c(C(=O)NCc3cccnn3)sc2n1. The van der Waals surface area contributed by atoms with Crippen molar-refractivity contribution in [1.29, 1.82) is 0 Å². The average molecular weight is 299 g/mol. The van der Waals surface area contributed by atoms with Gasteiger partial charge in [-0.3, -0.25) is 4.79 Å². The number of nitrogens with two attached hydrogens (primary N) is 1. The topological polar surface area (TPSA) is 93.8 Å². The van der Waals surface area contributed by atoms with Gasteiger partial charge in [-0.1, -0.05) is 0 Å². The van der Waals surface area contributed by atoms with E-state index in [1.54, 1.807) is 18.3 Å². The molecular formula is C14H13N5OS.